The molecule has 0 bridgehead atoms. The number of pyridine rings is 1. The van der Waals surface area contributed by atoms with Crippen molar-refractivity contribution in [1.29, 1.82) is 0 Å². The van der Waals surface area contributed by atoms with E-state index in [1.54, 1.807) is 16.7 Å². The zero-order chi connectivity index (χ0) is 14.2. The molecule has 0 aliphatic carbocycles. The molecule has 3 nitrogen and oxygen atoms in total. The number of aromatic nitrogens is 1. The molecule has 1 heterocycles. The minimum absolute atomic E-state index is 0.0613. The molecule has 0 aliphatic heterocycles. The zero-order valence-electron chi connectivity index (χ0n) is 12.0. The van der Waals surface area contributed by atoms with Gasteiger partial charge in [0, 0.05) is 31.4 Å². The Balaban J connectivity index is 1.69. The largest absolute Gasteiger partial charge is 0.314 e. The summed E-state index contributed by atoms with van der Waals surface area (Å²) in [5, 5.41) is 3.47. The third-order valence-corrected chi connectivity index (χ3v) is 3.45. The second kappa shape index (κ2) is 7.65. The number of hydrogen-bond acceptors (Lipinski definition) is 2. The van der Waals surface area contributed by atoms with Gasteiger partial charge in [-0.2, -0.15) is 0 Å². The molecule has 106 valence electrons. The van der Waals surface area contributed by atoms with Gasteiger partial charge in [0.25, 0.3) is 5.56 Å². The molecule has 0 amide bonds. The Morgan fingerprint density at radius 2 is 1.85 bits per heavy atom. The molecule has 20 heavy (non-hydrogen) atoms. The third kappa shape index (κ3) is 4.67. The van der Waals surface area contributed by atoms with Crippen LogP contribution in [-0.2, 0) is 13.0 Å². The maximum absolute atomic E-state index is 11.5. The van der Waals surface area contributed by atoms with Crippen LogP contribution in [-0.4, -0.2) is 17.2 Å². The van der Waals surface area contributed by atoms with Crippen molar-refractivity contribution in [2.75, 3.05) is 6.54 Å². The highest BCUT2D eigenvalue weighted by molar-refractivity contribution is 5.14. The van der Waals surface area contributed by atoms with Crippen LogP contribution in [0.2, 0.25) is 0 Å². The maximum Gasteiger partial charge on any atom is 0.250 e. The van der Waals surface area contributed by atoms with E-state index in [4.69, 9.17) is 0 Å². The van der Waals surface area contributed by atoms with Gasteiger partial charge in [-0.1, -0.05) is 36.4 Å². The van der Waals surface area contributed by atoms with E-state index >= 15 is 0 Å². The van der Waals surface area contributed by atoms with Crippen LogP contribution in [0.25, 0.3) is 0 Å². The highest BCUT2D eigenvalue weighted by atomic mass is 16.1. The summed E-state index contributed by atoms with van der Waals surface area (Å²) in [6, 6.07) is 16.2. The molecule has 1 atom stereocenters. The van der Waals surface area contributed by atoms with Crippen molar-refractivity contribution in [2.24, 2.45) is 0 Å². The van der Waals surface area contributed by atoms with E-state index in [2.05, 4.69) is 36.5 Å². The summed E-state index contributed by atoms with van der Waals surface area (Å²) in [7, 11) is 0. The molecular weight excluding hydrogens is 248 g/mol. The maximum atomic E-state index is 11.5. The van der Waals surface area contributed by atoms with Crippen LogP contribution in [0.15, 0.2) is 59.5 Å². The second-order valence-corrected chi connectivity index (χ2v) is 5.11. The molecule has 0 saturated carbocycles. The molecule has 0 saturated heterocycles. The van der Waals surface area contributed by atoms with Gasteiger partial charge in [0.2, 0.25) is 0 Å². The number of benzene rings is 1. The topological polar surface area (TPSA) is 34.0 Å². The molecule has 1 N–H and O–H groups in total. The first kappa shape index (κ1) is 14.5. The van der Waals surface area contributed by atoms with Gasteiger partial charge in [-0.3, -0.25) is 4.79 Å². The van der Waals surface area contributed by atoms with Crippen molar-refractivity contribution in [3.05, 3.63) is 70.6 Å². The lowest BCUT2D eigenvalue weighted by atomic mass is 10.1. The molecule has 0 aliphatic rings. The van der Waals surface area contributed by atoms with Gasteiger partial charge in [0.1, 0.15) is 0 Å². The minimum atomic E-state index is 0.0613. The summed E-state index contributed by atoms with van der Waals surface area (Å²) in [5.41, 5.74) is 1.44. The van der Waals surface area contributed by atoms with E-state index in [0.717, 1.165) is 25.9 Å². The Labute approximate surface area is 120 Å². The van der Waals surface area contributed by atoms with Crippen molar-refractivity contribution in [2.45, 2.75) is 32.4 Å². The minimum Gasteiger partial charge on any atom is -0.314 e. The van der Waals surface area contributed by atoms with Crippen LogP contribution >= 0.6 is 0 Å². The van der Waals surface area contributed by atoms with Crippen LogP contribution in [0.5, 0.6) is 0 Å². The molecule has 2 aromatic rings. The SMILES string of the molecule is CC(CCc1ccccc1)NCCn1ccccc1=O. The summed E-state index contributed by atoms with van der Waals surface area (Å²) in [4.78, 5) is 11.5. The first-order valence-corrected chi connectivity index (χ1v) is 7.18. The fourth-order valence-corrected chi connectivity index (χ4v) is 2.21. The lowest BCUT2D eigenvalue weighted by Crippen LogP contribution is -2.32. The zero-order valence-corrected chi connectivity index (χ0v) is 12.0. The molecule has 3 heteroatoms. The van der Waals surface area contributed by atoms with E-state index in [9.17, 15) is 4.79 Å². The first-order valence-electron chi connectivity index (χ1n) is 7.18. The molecule has 0 radical (unpaired) electrons. The van der Waals surface area contributed by atoms with Gasteiger partial charge < -0.3 is 9.88 Å². The lowest BCUT2D eigenvalue weighted by molar-refractivity contribution is 0.486. The van der Waals surface area contributed by atoms with Crippen molar-refractivity contribution >= 4 is 0 Å². The van der Waals surface area contributed by atoms with Gasteiger partial charge in [0.05, 0.1) is 0 Å². The number of rotatable bonds is 7. The smallest absolute Gasteiger partial charge is 0.250 e. The summed E-state index contributed by atoms with van der Waals surface area (Å²) < 4.78 is 1.73. The van der Waals surface area contributed by atoms with Crippen LogP contribution in [0.4, 0.5) is 0 Å². The summed E-state index contributed by atoms with van der Waals surface area (Å²) in [5.74, 6) is 0. The Morgan fingerprint density at radius 1 is 1.10 bits per heavy atom. The highest BCUT2D eigenvalue weighted by Gasteiger charge is 2.02. The van der Waals surface area contributed by atoms with Gasteiger partial charge in [-0.05, 0) is 31.4 Å². The third-order valence-electron chi connectivity index (χ3n) is 3.45. The highest BCUT2D eigenvalue weighted by Crippen LogP contribution is 2.04. The molecular formula is C17H22N2O. The van der Waals surface area contributed by atoms with Crippen LogP contribution in [0.3, 0.4) is 0 Å². The predicted molar refractivity (Wildman–Crippen MR) is 82.9 cm³/mol. The second-order valence-electron chi connectivity index (χ2n) is 5.11. The quantitative estimate of drug-likeness (QED) is 0.838. The van der Waals surface area contributed by atoms with Gasteiger partial charge in [0.15, 0.2) is 0 Å². The van der Waals surface area contributed by atoms with Crippen molar-refractivity contribution in [1.82, 2.24) is 9.88 Å². The normalized spacial score (nSPS) is 12.2. The molecule has 0 spiro atoms. The van der Waals surface area contributed by atoms with Gasteiger partial charge in [-0.15, -0.1) is 0 Å². The fourth-order valence-electron chi connectivity index (χ4n) is 2.21. The first-order chi connectivity index (χ1) is 9.75. The Bertz CT molecular complexity index is 562. The Hall–Kier alpha value is -1.87. The Kier molecular flexibility index (Phi) is 5.56. The number of aryl methyl sites for hydroxylation is 1. The number of nitrogens with zero attached hydrogens (tertiary/aromatic N) is 1. The summed E-state index contributed by atoms with van der Waals surface area (Å²) in [6.45, 7) is 3.73. The van der Waals surface area contributed by atoms with Crippen molar-refractivity contribution in [3.63, 3.8) is 0 Å². The molecule has 1 unspecified atom stereocenters. The van der Waals surface area contributed by atoms with Crippen molar-refractivity contribution < 1.29 is 0 Å². The van der Waals surface area contributed by atoms with E-state index in [-0.39, 0.29) is 5.56 Å². The van der Waals surface area contributed by atoms with Gasteiger partial charge >= 0.3 is 0 Å². The molecule has 0 fully saturated rings. The summed E-state index contributed by atoms with van der Waals surface area (Å²) in [6.07, 6.45) is 4.02. The van der Waals surface area contributed by atoms with E-state index < -0.39 is 0 Å². The van der Waals surface area contributed by atoms with Crippen LogP contribution in [0.1, 0.15) is 18.9 Å². The van der Waals surface area contributed by atoms with E-state index in [1.165, 1.54) is 5.56 Å². The molecule has 2 rings (SSSR count). The molecule has 1 aromatic carbocycles. The van der Waals surface area contributed by atoms with Crippen molar-refractivity contribution in [3.8, 4) is 0 Å². The average molecular weight is 270 g/mol. The van der Waals surface area contributed by atoms with E-state index in [1.807, 2.05) is 18.3 Å². The Morgan fingerprint density at radius 3 is 2.60 bits per heavy atom. The van der Waals surface area contributed by atoms with E-state index in [0.29, 0.717) is 6.04 Å². The average Bonchev–Trinajstić information content (AvgIpc) is 2.48. The van der Waals surface area contributed by atoms with Crippen LogP contribution < -0.4 is 10.9 Å². The standard InChI is InChI=1S/C17H22N2O/c1-15(10-11-16-7-3-2-4-8-16)18-12-14-19-13-6-5-9-17(19)20/h2-9,13,15,18H,10-12,14H2,1H3. The number of nitrogens with one attached hydrogen (secondary N) is 1. The lowest BCUT2D eigenvalue weighted by Gasteiger charge is -2.14. The monoisotopic (exact) mass is 270 g/mol. The molecule has 1 aromatic heterocycles. The summed E-state index contributed by atoms with van der Waals surface area (Å²) >= 11 is 0. The number of hydrogen-bond donors (Lipinski definition) is 1. The van der Waals surface area contributed by atoms with Crippen LogP contribution in [0, 0.1) is 0 Å². The fraction of sp³-hybridized carbons (Fsp3) is 0.353. The van der Waals surface area contributed by atoms with Gasteiger partial charge in [-0.25, -0.2) is 0 Å². The predicted octanol–water partition coefficient (Wildman–Crippen LogP) is 2.46.